The van der Waals surface area contributed by atoms with E-state index in [1.807, 2.05) is 0 Å². The smallest absolute Gasteiger partial charge is 0.214 e. The van der Waals surface area contributed by atoms with E-state index >= 15 is 0 Å². The number of nitrogens with one attached hydrogen (secondary N) is 1. The number of aryl methyl sites for hydroxylation is 1. The van der Waals surface area contributed by atoms with Gasteiger partial charge in [0, 0.05) is 24.3 Å². The second-order valence-corrected chi connectivity index (χ2v) is 6.26. The monoisotopic (exact) mass is 261 g/mol. The summed E-state index contributed by atoms with van der Waals surface area (Å²) in [6.07, 6.45) is 3.31. The molecule has 0 bridgehead atoms. The van der Waals surface area contributed by atoms with Crippen molar-refractivity contribution in [1.82, 2.24) is 14.5 Å². The minimum atomic E-state index is -3.34. The first kappa shape index (κ1) is 12.5. The third kappa shape index (κ3) is 2.84. The van der Waals surface area contributed by atoms with Crippen molar-refractivity contribution in [2.75, 3.05) is 19.0 Å². The van der Waals surface area contributed by atoms with E-state index in [9.17, 15) is 12.8 Å². The number of fused-ring (bicyclic) bond motifs is 1. The molecular formula is C10H16FN3O2S. The van der Waals surface area contributed by atoms with Gasteiger partial charge in [0.25, 0.3) is 0 Å². The van der Waals surface area contributed by atoms with Gasteiger partial charge < -0.3 is 0 Å². The fourth-order valence-corrected chi connectivity index (χ4v) is 3.47. The zero-order valence-electron chi connectivity index (χ0n) is 9.52. The van der Waals surface area contributed by atoms with Crippen molar-refractivity contribution in [3.8, 4) is 0 Å². The van der Waals surface area contributed by atoms with Gasteiger partial charge in [0.15, 0.2) is 0 Å². The van der Waals surface area contributed by atoms with Crippen molar-refractivity contribution in [3.05, 3.63) is 17.5 Å². The maximum absolute atomic E-state index is 12.1. The van der Waals surface area contributed by atoms with E-state index in [0.29, 0.717) is 13.1 Å². The van der Waals surface area contributed by atoms with E-state index in [2.05, 4.69) is 10.2 Å². The van der Waals surface area contributed by atoms with Crippen molar-refractivity contribution in [3.63, 3.8) is 0 Å². The Balaban J connectivity index is 2.12. The maximum Gasteiger partial charge on any atom is 0.214 e. The Morgan fingerprint density at radius 2 is 2.35 bits per heavy atom. The van der Waals surface area contributed by atoms with Crippen LogP contribution >= 0.6 is 0 Å². The van der Waals surface area contributed by atoms with Crippen LogP contribution in [0.4, 0.5) is 4.39 Å². The summed E-state index contributed by atoms with van der Waals surface area (Å²) >= 11 is 0. The topological polar surface area (TPSA) is 66.1 Å². The normalized spacial score (nSPS) is 17.7. The lowest BCUT2D eigenvalue weighted by atomic mass is 10.2. The second-order valence-electron chi connectivity index (χ2n) is 4.17. The SMILES string of the molecule is O=S(=O)(CCCF)N1CCCc2[nH]ncc2C1. The highest BCUT2D eigenvalue weighted by Crippen LogP contribution is 2.19. The van der Waals surface area contributed by atoms with Crippen LogP contribution < -0.4 is 0 Å². The predicted molar refractivity (Wildman–Crippen MR) is 61.7 cm³/mol. The van der Waals surface area contributed by atoms with Gasteiger partial charge >= 0.3 is 0 Å². The minimum Gasteiger partial charge on any atom is -0.282 e. The molecule has 2 heterocycles. The first-order chi connectivity index (χ1) is 8.13. The molecule has 0 saturated heterocycles. The van der Waals surface area contributed by atoms with Gasteiger partial charge in [-0.05, 0) is 19.3 Å². The molecule has 1 aliphatic heterocycles. The van der Waals surface area contributed by atoms with Gasteiger partial charge in [-0.1, -0.05) is 0 Å². The Bertz CT molecular complexity index is 472. The molecule has 0 aliphatic carbocycles. The number of alkyl halides is 1. The molecule has 7 heteroatoms. The van der Waals surface area contributed by atoms with E-state index in [-0.39, 0.29) is 12.2 Å². The standard InChI is InChI=1S/C10H16FN3O2S/c11-4-2-6-17(15,16)14-5-1-3-10-9(8-14)7-12-13-10/h7H,1-6,8H2,(H,12,13). The molecule has 0 spiro atoms. The van der Waals surface area contributed by atoms with E-state index in [1.54, 1.807) is 6.20 Å². The molecule has 0 atom stereocenters. The Labute approximate surface area is 100 Å². The average Bonchev–Trinajstić information content (AvgIpc) is 2.63. The fourth-order valence-electron chi connectivity index (χ4n) is 2.00. The van der Waals surface area contributed by atoms with Crippen molar-refractivity contribution in [2.45, 2.75) is 25.8 Å². The molecule has 1 N–H and O–H groups in total. The van der Waals surface area contributed by atoms with Gasteiger partial charge in [-0.25, -0.2) is 8.42 Å². The van der Waals surface area contributed by atoms with Crippen LogP contribution in [0, 0.1) is 0 Å². The Morgan fingerprint density at radius 3 is 3.12 bits per heavy atom. The quantitative estimate of drug-likeness (QED) is 0.873. The molecule has 0 saturated carbocycles. The highest BCUT2D eigenvalue weighted by atomic mass is 32.2. The van der Waals surface area contributed by atoms with Crippen LogP contribution in [0.2, 0.25) is 0 Å². The number of H-pyrrole nitrogens is 1. The molecular weight excluding hydrogens is 245 g/mol. The summed E-state index contributed by atoms with van der Waals surface area (Å²) < 4.78 is 37.4. The van der Waals surface area contributed by atoms with Crippen LogP contribution in [0.5, 0.6) is 0 Å². The molecule has 0 radical (unpaired) electrons. The summed E-state index contributed by atoms with van der Waals surface area (Å²) in [7, 11) is -3.34. The molecule has 1 aromatic heterocycles. The number of hydrogen-bond donors (Lipinski definition) is 1. The van der Waals surface area contributed by atoms with Crippen LogP contribution in [0.25, 0.3) is 0 Å². The number of sulfonamides is 1. The second kappa shape index (κ2) is 5.14. The first-order valence-corrected chi connectivity index (χ1v) is 7.29. The van der Waals surface area contributed by atoms with Gasteiger partial charge in [0.05, 0.1) is 18.6 Å². The minimum absolute atomic E-state index is 0.0665. The van der Waals surface area contributed by atoms with Crippen LogP contribution in [-0.4, -0.2) is 41.9 Å². The van der Waals surface area contributed by atoms with Gasteiger partial charge in [0.2, 0.25) is 10.0 Å². The van der Waals surface area contributed by atoms with Gasteiger partial charge in [-0.3, -0.25) is 9.49 Å². The van der Waals surface area contributed by atoms with E-state index < -0.39 is 16.7 Å². The Kier molecular flexibility index (Phi) is 3.78. The zero-order chi connectivity index (χ0) is 12.3. The summed E-state index contributed by atoms with van der Waals surface area (Å²) in [6, 6.07) is 0. The van der Waals surface area contributed by atoms with Gasteiger partial charge in [0.1, 0.15) is 0 Å². The summed E-state index contributed by atoms with van der Waals surface area (Å²) in [6.45, 7) is 0.252. The molecule has 0 aromatic carbocycles. The first-order valence-electron chi connectivity index (χ1n) is 5.68. The van der Waals surface area contributed by atoms with Crippen molar-refractivity contribution in [2.24, 2.45) is 0 Å². The molecule has 5 nitrogen and oxygen atoms in total. The lowest BCUT2D eigenvalue weighted by Crippen LogP contribution is -2.32. The lowest BCUT2D eigenvalue weighted by molar-refractivity contribution is 0.404. The molecule has 0 unspecified atom stereocenters. The van der Waals surface area contributed by atoms with E-state index in [4.69, 9.17) is 0 Å². The summed E-state index contributed by atoms with van der Waals surface area (Å²) in [4.78, 5) is 0. The summed E-state index contributed by atoms with van der Waals surface area (Å²) in [5.74, 6) is -0.114. The number of aromatic nitrogens is 2. The van der Waals surface area contributed by atoms with Gasteiger partial charge in [-0.15, -0.1) is 0 Å². The predicted octanol–water partition coefficient (Wildman–Crippen LogP) is 0.847. The zero-order valence-corrected chi connectivity index (χ0v) is 10.3. The highest BCUT2D eigenvalue weighted by molar-refractivity contribution is 7.89. The summed E-state index contributed by atoms with van der Waals surface area (Å²) in [5, 5.41) is 6.80. The molecule has 96 valence electrons. The number of hydrogen-bond acceptors (Lipinski definition) is 3. The average molecular weight is 261 g/mol. The van der Waals surface area contributed by atoms with E-state index in [1.165, 1.54) is 4.31 Å². The number of halogens is 1. The van der Waals surface area contributed by atoms with Crippen molar-refractivity contribution < 1.29 is 12.8 Å². The number of aromatic amines is 1. The Hall–Kier alpha value is -0.950. The third-order valence-electron chi connectivity index (χ3n) is 2.92. The summed E-state index contributed by atoms with van der Waals surface area (Å²) in [5.41, 5.74) is 1.93. The fraction of sp³-hybridized carbons (Fsp3) is 0.700. The van der Waals surface area contributed by atoms with Gasteiger partial charge in [-0.2, -0.15) is 9.40 Å². The van der Waals surface area contributed by atoms with Crippen LogP contribution in [0.1, 0.15) is 24.1 Å². The lowest BCUT2D eigenvalue weighted by Gasteiger charge is -2.19. The third-order valence-corrected chi connectivity index (χ3v) is 4.82. The molecule has 1 aliphatic rings. The van der Waals surface area contributed by atoms with E-state index in [0.717, 1.165) is 24.1 Å². The van der Waals surface area contributed by atoms with Crippen LogP contribution in [-0.2, 0) is 23.0 Å². The molecule has 1 aromatic rings. The molecule has 17 heavy (non-hydrogen) atoms. The molecule has 0 fully saturated rings. The molecule has 2 rings (SSSR count). The van der Waals surface area contributed by atoms with Crippen molar-refractivity contribution >= 4 is 10.0 Å². The maximum atomic E-state index is 12.1. The van der Waals surface area contributed by atoms with Crippen LogP contribution in [0.3, 0.4) is 0 Å². The Morgan fingerprint density at radius 1 is 1.53 bits per heavy atom. The number of nitrogens with zero attached hydrogens (tertiary/aromatic N) is 2. The number of rotatable bonds is 4. The van der Waals surface area contributed by atoms with Crippen LogP contribution in [0.15, 0.2) is 6.20 Å². The highest BCUT2D eigenvalue weighted by Gasteiger charge is 2.25. The largest absolute Gasteiger partial charge is 0.282 e. The van der Waals surface area contributed by atoms with Crippen molar-refractivity contribution in [1.29, 1.82) is 0 Å². The molecule has 0 amide bonds.